The Bertz CT molecular complexity index is 3580. The first-order valence-electron chi connectivity index (χ1n) is 29.1. The summed E-state index contributed by atoms with van der Waals surface area (Å²) in [4.78, 5) is 26.8. The summed E-state index contributed by atoms with van der Waals surface area (Å²) in [6.45, 7) is 18.9. The summed E-state index contributed by atoms with van der Waals surface area (Å²) in [7, 11) is -2.38. The molecule has 10 aromatic rings. The summed E-state index contributed by atoms with van der Waals surface area (Å²) in [5, 5.41) is 3.29. The van der Waals surface area contributed by atoms with Crippen molar-refractivity contribution in [2.45, 2.75) is 164 Å². The van der Waals surface area contributed by atoms with Crippen molar-refractivity contribution in [2.24, 2.45) is 23.7 Å². The average molecular weight is 1200 g/mol. The van der Waals surface area contributed by atoms with Crippen LogP contribution in [0, 0.1) is 23.7 Å². The lowest BCUT2D eigenvalue weighted by molar-refractivity contribution is 0.452. The highest BCUT2D eigenvalue weighted by Gasteiger charge is 2.50. The van der Waals surface area contributed by atoms with Crippen LogP contribution in [0.2, 0.25) is 12.1 Å². The van der Waals surface area contributed by atoms with Crippen LogP contribution in [0.4, 0.5) is 0 Å². The third-order valence-electron chi connectivity index (χ3n) is 16.9. The lowest BCUT2D eigenvalue weighted by Crippen LogP contribution is -2.56. The average Bonchev–Trinajstić information content (AvgIpc) is 4.38. The smallest absolute Gasteiger partial charge is 0.132 e. The highest BCUT2D eigenvalue weighted by molar-refractivity contribution is 7.32. The maximum atomic E-state index is 5.40. The highest BCUT2D eigenvalue weighted by atomic mass is 32.1. The first-order valence-corrected chi connectivity index (χ1v) is 37.9. The van der Waals surface area contributed by atoms with E-state index in [0.29, 0.717) is 17.8 Å². The van der Waals surface area contributed by atoms with Crippen molar-refractivity contribution in [3.05, 3.63) is 82.8 Å². The Balaban J connectivity index is 0.972. The number of hydrogen-bond donors (Lipinski definition) is 0. The normalized spacial score (nSPS) is 15.9. The van der Waals surface area contributed by atoms with Gasteiger partial charge in [0.15, 0.2) is 0 Å². The van der Waals surface area contributed by atoms with Crippen LogP contribution >= 0.6 is 91.5 Å². The number of aromatic nitrogens is 6. The molecule has 4 atom stereocenters. The second kappa shape index (κ2) is 25.2. The summed E-state index contributed by atoms with van der Waals surface area (Å²) >= 11 is 14.2. The van der Waals surface area contributed by atoms with Gasteiger partial charge < -0.3 is 0 Å². The quantitative estimate of drug-likeness (QED) is 0.0478. The van der Waals surface area contributed by atoms with Gasteiger partial charge in [-0.05, 0) is 120 Å². The van der Waals surface area contributed by atoms with Crippen molar-refractivity contribution >= 4 is 132 Å². The van der Waals surface area contributed by atoms with Crippen LogP contribution in [0.15, 0.2) is 73.1 Å². The van der Waals surface area contributed by atoms with E-state index in [1.165, 1.54) is 184 Å². The molecule has 0 amide bonds. The van der Waals surface area contributed by atoms with Gasteiger partial charge in [-0.1, -0.05) is 139 Å². The molecule has 0 spiro atoms. The summed E-state index contributed by atoms with van der Waals surface area (Å²) in [6.07, 6.45) is 22.9. The van der Waals surface area contributed by atoms with Crippen LogP contribution in [0.25, 0.3) is 93.4 Å². The van der Waals surface area contributed by atoms with Crippen LogP contribution < -0.4 is 10.4 Å². The highest BCUT2D eigenvalue weighted by Crippen LogP contribution is 2.51. The van der Waals surface area contributed by atoms with Crippen molar-refractivity contribution in [2.75, 3.05) is 0 Å². The lowest BCUT2D eigenvalue weighted by Gasteiger charge is -2.35. The molecule has 0 saturated carbocycles. The van der Waals surface area contributed by atoms with Crippen molar-refractivity contribution in [1.82, 2.24) is 27.5 Å². The van der Waals surface area contributed by atoms with E-state index in [1.54, 1.807) is 10.4 Å². The van der Waals surface area contributed by atoms with Gasteiger partial charge in [-0.2, -0.15) is 17.5 Å². The molecule has 408 valence electrons. The topological polar surface area (TPSA) is 77.3 Å². The molecule has 4 unspecified atom stereocenters. The summed E-state index contributed by atoms with van der Waals surface area (Å²) < 4.78 is 20.2. The van der Waals surface area contributed by atoms with Crippen molar-refractivity contribution in [3.63, 3.8) is 0 Å². The Hall–Kier alpha value is -3.64. The van der Waals surface area contributed by atoms with Gasteiger partial charge in [-0.25, -0.2) is 0 Å². The molecule has 10 aromatic heterocycles. The zero-order valence-corrected chi connectivity index (χ0v) is 54.2. The largest absolute Gasteiger partial charge is 0.252 e. The number of rotatable bonds is 27. The number of pyridine rings is 2. The molecule has 1 aliphatic heterocycles. The predicted molar refractivity (Wildman–Crippen MR) is 351 cm³/mol. The van der Waals surface area contributed by atoms with E-state index in [9.17, 15) is 0 Å². The SMILES string of the molecule is CCCCC(CC)Cc1ccc(-c2ccc(-c3cnc(-c4cc5c(s4)-c4sc(-c6ncc(-c7ccc(-c8ccc(CC(C)CC)s8)s7)c7nsnc67)cc4[Si]5(CC(CC)CCCC)CC(CC)CCCC)c4nsnc34)s2)s1. The van der Waals surface area contributed by atoms with Gasteiger partial charge in [0.2, 0.25) is 0 Å². The second-order valence-corrected chi connectivity index (χ2v) is 33.9. The van der Waals surface area contributed by atoms with Gasteiger partial charge in [0.1, 0.15) is 41.5 Å². The Labute approximate surface area is 496 Å². The monoisotopic (exact) mass is 1200 g/mol. The molecule has 0 radical (unpaired) electrons. The van der Waals surface area contributed by atoms with Gasteiger partial charge in [0, 0.05) is 72.3 Å². The molecule has 0 bridgehead atoms. The fourth-order valence-corrected chi connectivity index (χ4v) is 28.1. The Morgan fingerprint density at radius 2 is 0.833 bits per heavy atom. The summed E-state index contributed by atoms with van der Waals surface area (Å²) in [6, 6.07) is 26.3. The zero-order chi connectivity index (χ0) is 53.9. The van der Waals surface area contributed by atoms with E-state index in [4.69, 9.17) is 27.5 Å². The number of fused-ring (bicyclic) bond motifs is 5. The van der Waals surface area contributed by atoms with Crippen LogP contribution in [0.5, 0.6) is 0 Å². The van der Waals surface area contributed by atoms with Gasteiger partial charge in [-0.3, -0.25) is 9.97 Å². The molecule has 11 rings (SSSR count). The Morgan fingerprint density at radius 3 is 1.28 bits per heavy atom. The summed E-state index contributed by atoms with van der Waals surface area (Å²) in [5.74, 6) is 2.82. The summed E-state index contributed by atoms with van der Waals surface area (Å²) in [5.41, 5.74) is 7.88. The van der Waals surface area contributed by atoms with Gasteiger partial charge in [-0.15, -0.1) is 68.0 Å². The standard InChI is InChI=1S/C63H74N6S8Si/c1-9-16-19-39(13-5)31-43-23-25-49(71-43)51-29-27-47(73-51)45-35-65-59(61-57(45)67-77-69-61)53-33-55-63(75-53)62-54(78(55,36-40(14-6)20-17-10-2)37-41(15-7)21-18-11-3)32-52(74-62)58-60-56(66-76-68-60)44(34-64-58)46-26-28-50(72-46)48-24-22-42(70-48)30-38(8)12-4/h22-29,32-35,38-41H,9-21,30-31,36-37H2,1-8H3. The van der Waals surface area contributed by atoms with Crippen molar-refractivity contribution in [1.29, 1.82) is 0 Å². The predicted octanol–water partition coefficient (Wildman–Crippen LogP) is 21.2. The molecule has 0 aromatic carbocycles. The molecular weight excluding hydrogens is 1130 g/mol. The molecule has 0 fully saturated rings. The van der Waals surface area contributed by atoms with Gasteiger partial charge in [0.05, 0.1) is 33.2 Å². The minimum Gasteiger partial charge on any atom is -0.252 e. The van der Waals surface area contributed by atoms with Crippen LogP contribution in [0.3, 0.4) is 0 Å². The first-order chi connectivity index (χ1) is 38.2. The number of hydrogen-bond acceptors (Lipinski definition) is 14. The molecule has 0 saturated heterocycles. The minimum absolute atomic E-state index is 0.677. The zero-order valence-electron chi connectivity index (χ0n) is 46.7. The number of nitrogens with zero attached hydrogens (tertiary/aromatic N) is 6. The maximum absolute atomic E-state index is 5.40. The van der Waals surface area contributed by atoms with E-state index < -0.39 is 8.07 Å². The molecule has 11 heterocycles. The first kappa shape index (κ1) is 56.2. The van der Waals surface area contributed by atoms with Gasteiger partial charge >= 0.3 is 0 Å². The molecule has 1 aliphatic rings. The van der Waals surface area contributed by atoms with Crippen LogP contribution in [0.1, 0.15) is 149 Å². The van der Waals surface area contributed by atoms with E-state index in [0.717, 1.165) is 56.9 Å². The number of thiophene rings is 6. The number of unbranched alkanes of at least 4 members (excludes halogenated alkanes) is 3. The molecule has 0 N–H and O–H groups in total. The van der Waals surface area contributed by atoms with Crippen LogP contribution in [-0.4, -0.2) is 35.5 Å². The molecule has 15 heteroatoms. The fourth-order valence-electron chi connectivity index (χ4n) is 12.1. The molecule has 0 aliphatic carbocycles. The Morgan fingerprint density at radius 1 is 0.423 bits per heavy atom. The minimum atomic E-state index is -2.38. The van der Waals surface area contributed by atoms with Crippen molar-refractivity contribution in [3.8, 4) is 71.3 Å². The molecule has 6 nitrogen and oxygen atoms in total. The lowest BCUT2D eigenvalue weighted by atomic mass is 9.95. The fraction of sp³-hybridized carbons (Fsp3) is 0.460. The molecule has 78 heavy (non-hydrogen) atoms. The molecular formula is C63H74N6S8Si. The van der Waals surface area contributed by atoms with Crippen LogP contribution in [-0.2, 0) is 12.8 Å². The maximum Gasteiger partial charge on any atom is 0.132 e. The Kier molecular flexibility index (Phi) is 18.2. The van der Waals surface area contributed by atoms with Crippen molar-refractivity contribution < 1.29 is 0 Å². The van der Waals surface area contributed by atoms with Gasteiger partial charge in [0.25, 0.3) is 0 Å². The third-order valence-corrected chi connectivity index (χ3v) is 31.1. The van der Waals surface area contributed by atoms with E-state index in [1.807, 2.05) is 68.0 Å². The van der Waals surface area contributed by atoms with E-state index in [2.05, 4.69) is 128 Å². The second-order valence-electron chi connectivity index (χ2n) is 22.2. The third kappa shape index (κ3) is 11.3. The van der Waals surface area contributed by atoms with E-state index >= 15 is 0 Å². The van der Waals surface area contributed by atoms with E-state index in [-0.39, 0.29) is 0 Å².